The van der Waals surface area contributed by atoms with Gasteiger partial charge in [0.1, 0.15) is 5.94 Å². The van der Waals surface area contributed by atoms with E-state index in [9.17, 15) is 14.7 Å². The van der Waals surface area contributed by atoms with Crippen LogP contribution < -0.4 is 0 Å². The molecule has 0 aliphatic carbocycles. The van der Waals surface area contributed by atoms with E-state index in [1.807, 2.05) is 24.3 Å². The number of piperidine rings is 1. The first kappa shape index (κ1) is 26.8. The maximum Gasteiger partial charge on any atom is 0.509 e. The van der Waals surface area contributed by atoms with E-state index in [4.69, 9.17) is 25.9 Å². The van der Waals surface area contributed by atoms with E-state index >= 15 is 0 Å². The summed E-state index contributed by atoms with van der Waals surface area (Å²) in [5.74, 6) is -0.854. The van der Waals surface area contributed by atoms with Crippen LogP contribution in [0.3, 0.4) is 0 Å². The summed E-state index contributed by atoms with van der Waals surface area (Å²) in [6, 6.07) is 7.64. The van der Waals surface area contributed by atoms with Crippen molar-refractivity contribution in [1.82, 2.24) is 4.90 Å². The van der Waals surface area contributed by atoms with Crippen molar-refractivity contribution in [2.45, 2.75) is 38.2 Å². The van der Waals surface area contributed by atoms with Gasteiger partial charge in [0.05, 0.1) is 13.2 Å². The van der Waals surface area contributed by atoms with Gasteiger partial charge in [-0.1, -0.05) is 29.8 Å². The van der Waals surface area contributed by atoms with Gasteiger partial charge in [-0.15, -0.1) is 11.8 Å². The first-order chi connectivity index (χ1) is 14.8. The highest BCUT2D eigenvalue weighted by Gasteiger charge is 2.26. The van der Waals surface area contributed by atoms with E-state index in [2.05, 4.69) is 9.64 Å². The van der Waals surface area contributed by atoms with Gasteiger partial charge in [0.25, 0.3) is 6.47 Å². The molecule has 0 bridgehead atoms. The Labute approximate surface area is 191 Å². The third-order valence-corrected chi connectivity index (χ3v) is 5.63. The lowest BCUT2D eigenvalue weighted by molar-refractivity contribution is -0.131. The number of thioether (sulfide) groups is 1. The largest absolute Gasteiger partial charge is 0.509 e. The molecular weight excluding hydrogens is 446 g/mol. The number of benzene rings is 1. The molecule has 0 saturated carbocycles. The number of carbonyl (C=O) groups is 3. The molecule has 1 atom stereocenters. The maximum atomic E-state index is 11.5. The number of carboxylic acids is 1. The van der Waals surface area contributed by atoms with E-state index < -0.39 is 12.1 Å². The highest BCUT2D eigenvalue weighted by atomic mass is 35.5. The number of rotatable bonds is 8. The molecule has 10 heteroatoms. The van der Waals surface area contributed by atoms with Crippen molar-refractivity contribution in [3.8, 4) is 0 Å². The molecule has 172 valence electrons. The number of carboxylic acid groups (broad SMARTS) is 1. The lowest BCUT2D eigenvalue weighted by atomic mass is 10.0. The molecule has 1 saturated heterocycles. The smallest absolute Gasteiger partial charge is 0.478 e. The van der Waals surface area contributed by atoms with E-state index in [1.54, 1.807) is 13.8 Å². The third-order valence-electron chi connectivity index (χ3n) is 4.06. The Hall–Kier alpha value is -2.23. The second-order valence-corrected chi connectivity index (χ2v) is 8.36. The molecule has 1 heterocycles. The number of likely N-dealkylation sites (tertiary alicyclic amines) is 1. The molecule has 8 nitrogen and oxygen atoms in total. The monoisotopic (exact) mass is 473 g/mol. The lowest BCUT2D eigenvalue weighted by Gasteiger charge is -2.34. The van der Waals surface area contributed by atoms with Crippen LogP contribution in [-0.2, 0) is 30.3 Å². The van der Waals surface area contributed by atoms with Gasteiger partial charge < -0.3 is 19.3 Å². The fourth-order valence-electron chi connectivity index (χ4n) is 2.81. The Morgan fingerprint density at radius 3 is 2.61 bits per heavy atom. The quantitative estimate of drug-likeness (QED) is 0.260. The van der Waals surface area contributed by atoms with Crippen LogP contribution in [0.15, 0.2) is 35.9 Å². The normalized spacial score (nSPS) is 17.5. The van der Waals surface area contributed by atoms with Crippen LogP contribution in [0.1, 0.15) is 25.8 Å². The molecule has 0 radical (unpaired) electrons. The Kier molecular flexibility index (Phi) is 12.7. The zero-order chi connectivity index (χ0) is 23.2. The van der Waals surface area contributed by atoms with Gasteiger partial charge in [0.2, 0.25) is 0 Å². The second-order valence-electron chi connectivity index (χ2n) is 6.81. The highest BCUT2D eigenvalue weighted by molar-refractivity contribution is 7.99. The average molecular weight is 474 g/mol. The fraction of sp³-hybridized carbons (Fsp3) is 0.476. The second kappa shape index (κ2) is 14.7. The number of carbonyl (C=O) groups excluding carboxylic acids is 2. The average Bonchev–Trinajstić information content (AvgIpc) is 2.70. The van der Waals surface area contributed by atoms with Gasteiger partial charge >= 0.3 is 12.1 Å². The molecule has 1 fully saturated rings. The van der Waals surface area contributed by atoms with Crippen molar-refractivity contribution in [2.75, 3.05) is 26.1 Å². The summed E-state index contributed by atoms with van der Waals surface area (Å²) in [6.45, 7) is 5.86. The highest BCUT2D eigenvalue weighted by Crippen LogP contribution is 2.29. The van der Waals surface area contributed by atoms with Crippen molar-refractivity contribution in [1.29, 1.82) is 0 Å². The van der Waals surface area contributed by atoms with Crippen LogP contribution in [0.4, 0.5) is 4.79 Å². The summed E-state index contributed by atoms with van der Waals surface area (Å²) >= 11 is 7.63. The summed E-state index contributed by atoms with van der Waals surface area (Å²) in [5.41, 5.74) is 1.81. The van der Waals surface area contributed by atoms with Crippen LogP contribution in [0.5, 0.6) is 0 Å². The summed E-state index contributed by atoms with van der Waals surface area (Å²) < 4.78 is 13.8. The number of nitrogens with zero attached hydrogens (tertiary/aromatic N) is 1. The first-order valence-corrected chi connectivity index (χ1v) is 11.0. The maximum absolute atomic E-state index is 11.5. The number of methoxy groups -OCH3 is 1. The molecule has 1 aliphatic heterocycles. The minimum absolute atomic E-state index is 0.0181. The predicted molar refractivity (Wildman–Crippen MR) is 119 cm³/mol. The summed E-state index contributed by atoms with van der Waals surface area (Å²) in [7, 11) is 1.31. The Balaban J connectivity index is 0.00000110. The van der Waals surface area contributed by atoms with Crippen molar-refractivity contribution in [2.24, 2.45) is 0 Å². The molecule has 31 heavy (non-hydrogen) atoms. The van der Waals surface area contributed by atoms with Crippen LogP contribution in [-0.4, -0.2) is 66.1 Å². The summed E-state index contributed by atoms with van der Waals surface area (Å²) in [4.78, 5) is 33.8. The Morgan fingerprint density at radius 1 is 1.35 bits per heavy atom. The topological polar surface area (TPSA) is 102 Å². The number of aliphatic carboxylic acids is 1. The van der Waals surface area contributed by atoms with Crippen LogP contribution >= 0.6 is 23.4 Å². The number of halogens is 1. The fourth-order valence-corrected chi connectivity index (χ4v) is 3.96. The molecule has 1 aliphatic rings. The van der Waals surface area contributed by atoms with Crippen molar-refractivity contribution in [3.05, 3.63) is 46.5 Å². The molecular formula is C21H28ClNO7S. The van der Waals surface area contributed by atoms with Gasteiger partial charge in [-0.2, -0.15) is 0 Å². The third kappa shape index (κ3) is 11.1. The first-order valence-electron chi connectivity index (χ1n) is 9.57. The van der Waals surface area contributed by atoms with E-state index in [0.717, 1.165) is 24.1 Å². The molecule has 0 amide bonds. The van der Waals surface area contributed by atoms with Crippen molar-refractivity contribution < 1.29 is 33.7 Å². The van der Waals surface area contributed by atoms with E-state index in [1.165, 1.54) is 24.9 Å². The van der Waals surface area contributed by atoms with Crippen LogP contribution in [0.2, 0.25) is 5.02 Å². The molecule has 2 rings (SSSR count). The van der Waals surface area contributed by atoms with Crippen LogP contribution in [0.25, 0.3) is 0 Å². The summed E-state index contributed by atoms with van der Waals surface area (Å²) in [5, 5.41) is 9.87. The van der Waals surface area contributed by atoms with Crippen LogP contribution in [0, 0.1) is 0 Å². The SMILES string of the molecule is CC(C)OC(=O)OCSC1CCN(Cc2ccccc2Cl)C/C1=C\C(=O)O.COC=O. The molecule has 0 aromatic heterocycles. The van der Waals surface area contributed by atoms with Gasteiger partial charge in [0.15, 0.2) is 0 Å². The van der Waals surface area contributed by atoms with Gasteiger partial charge in [-0.05, 0) is 37.5 Å². The standard InChI is InChI=1S/C19H24ClNO5S.C2H4O2/c1-13(2)26-19(24)25-12-27-17-7-8-21(11-15(17)9-18(22)23)10-14-5-3-4-6-16(14)20;1-4-2-3/h3-6,9,13,17H,7-8,10-12H2,1-2H3,(H,22,23);2H,1H3/b15-9+;. The van der Waals surface area contributed by atoms with E-state index in [-0.39, 0.29) is 17.3 Å². The zero-order valence-corrected chi connectivity index (χ0v) is 19.4. The molecule has 1 unspecified atom stereocenters. The number of ether oxygens (including phenoxy) is 3. The molecule has 1 aromatic carbocycles. The minimum Gasteiger partial charge on any atom is -0.478 e. The number of hydrogen-bond donors (Lipinski definition) is 1. The number of hydrogen-bond acceptors (Lipinski definition) is 8. The van der Waals surface area contributed by atoms with Crippen molar-refractivity contribution in [3.63, 3.8) is 0 Å². The summed E-state index contributed by atoms with van der Waals surface area (Å²) in [6.07, 6.45) is 1.06. The molecule has 1 N–H and O–H groups in total. The zero-order valence-electron chi connectivity index (χ0n) is 17.8. The Morgan fingerprint density at radius 2 is 2.03 bits per heavy atom. The van der Waals surface area contributed by atoms with Gasteiger partial charge in [-0.3, -0.25) is 9.69 Å². The predicted octanol–water partition coefficient (Wildman–Crippen LogP) is 3.97. The molecule has 1 aromatic rings. The Bertz CT molecular complexity index is 757. The van der Waals surface area contributed by atoms with Gasteiger partial charge in [0, 0.05) is 36.0 Å². The molecule has 0 spiro atoms. The van der Waals surface area contributed by atoms with Gasteiger partial charge in [-0.25, -0.2) is 9.59 Å². The van der Waals surface area contributed by atoms with Crippen molar-refractivity contribution >= 4 is 42.0 Å². The lowest BCUT2D eigenvalue weighted by Crippen LogP contribution is -2.37. The van der Waals surface area contributed by atoms with E-state index in [0.29, 0.717) is 24.6 Å². The minimum atomic E-state index is -0.977.